The number of carbonyl (C=O) groups is 1. The number of hydrogen-bond acceptors (Lipinski definition) is 5. The van der Waals surface area contributed by atoms with E-state index in [4.69, 9.17) is 4.74 Å². The fourth-order valence-corrected chi connectivity index (χ4v) is 1.65. The quantitative estimate of drug-likeness (QED) is 0.521. The number of amides is 1. The molecule has 2 aromatic rings. The van der Waals surface area contributed by atoms with Crippen molar-refractivity contribution in [1.82, 2.24) is 5.43 Å². The highest BCUT2D eigenvalue weighted by Gasteiger charge is 2.08. The number of carbonyl (C=O) groups excluding carboxylic acids is 1. The largest absolute Gasteiger partial charge is 0.497 e. The molecule has 2 rings (SSSR count). The Morgan fingerprint density at radius 2 is 1.82 bits per heavy atom. The Bertz CT molecular complexity index is 694. The van der Waals surface area contributed by atoms with E-state index in [-0.39, 0.29) is 11.3 Å². The van der Waals surface area contributed by atoms with E-state index in [2.05, 4.69) is 10.5 Å². The van der Waals surface area contributed by atoms with Crippen LogP contribution < -0.4 is 10.2 Å². The third-order valence-electron chi connectivity index (χ3n) is 2.84. The number of nitrogens with one attached hydrogen (secondary N) is 1. The summed E-state index contributed by atoms with van der Waals surface area (Å²) in [6, 6.07) is 12.4. The number of rotatable bonds is 5. The number of non-ortho nitro benzene ring substituents is 1. The van der Waals surface area contributed by atoms with Crippen LogP contribution in [0.15, 0.2) is 53.6 Å². The van der Waals surface area contributed by atoms with Gasteiger partial charge in [0.2, 0.25) is 0 Å². The number of hydrazone groups is 1. The molecule has 0 unspecified atom stereocenters. The van der Waals surface area contributed by atoms with Crippen LogP contribution in [-0.4, -0.2) is 24.2 Å². The minimum absolute atomic E-state index is 0.0710. The molecule has 0 aliphatic heterocycles. The second-order valence-corrected chi connectivity index (χ2v) is 4.28. The Morgan fingerprint density at radius 3 is 2.36 bits per heavy atom. The summed E-state index contributed by atoms with van der Waals surface area (Å²) in [7, 11) is 1.58. The van der Waals surface area contributed by atoms with Crippen molar-refractivity contribution in [2.45, 2.75) is 0 Å². The van der Waals surface area contributed by atoms with Gasteiger partial charge in [-0.3, -0.25) is 14.9 Å². The highest BCUT2D eigenvalue weighted by Crippen LogP contribution is 2.12. The molecular weight excluding hydrogens is 286 g/mol. The van der Waals surface area contributed by atoms with Crippen LogP contribution in [0.5, 0.6) is 5.75 Å². The van der Waals surface area contributed by atoms with Gasteiger partial charge in [-0.1, -0.05) is 0 Å². The smallest absolute Gasteiger partial charge is 0.271 e. The van der Waals surface area contributed by atoms with Crippen LogP contribution in [-0.2, 0) is 0 Å². The van der Waals surface area contributed by atoms with Crippen LogP contribution in [0, 0.1) is 10.1 Å². The Balaban J connectivity index is 1.96. The molecule has 0 aromatic heterocycles. The lowest BCUT2D eigenvalue weighted by atomic mass is 10.2. The molecule has 0 atom stereocenters. The SMILES string of the molecule is COc1ccc(/C=N\NC(=O)c2ccc([N+](=O)[O-])cc2)cc1. The molecule has 22 heavy (non-hydrogen) atoms. The first-order chi connectivity index (χ1) is 10.6. The molecule has 2 aromatic carbocycles. The summed E-state index contributed by atoms with van der Waals surface area (Å²) in [5.74, 6) is 0.284. The normalized spacial score (nSPS) is 10.4. The molecule has 0 spiro atoms. The van der Waals surface area contributed by atoms with Gasteiger partial charge in [-0.15, -0.1) is 0 Å². The van der Waals surface area contributed by atoms with Gasteiger partial charge in [0, 0.05) is 17.7 Å². The molecule has 1 amide bonds. The maximum Gasteiger partial charge on any atom is 0.271 e. The van der Waals surface area contributed by atoms with E-state index in [0.717, 1.165) is 11.3 Å². The lowest BCUT2D eigenvalue weighted by Gasteiger charge is -2.00. The molecule has 7 heteroatoms. The minimum atomic E-state index is -0.524. The lowest BCUT2D eigenvalue weighted by Crippen LogP contribution is -2.17. The molecule has 0 saturated heterocycles. The highest BCUT2D eigenvalue weighted by molar-refractivity contribution is 5.95. The van der Waals surface area contributed by atoms with Gasteiger partial charge in [0.25, 0.3) is 11.6 Å². The standard InChI is InChI=1S/C15H13N3O4/c1-22-14-8-2-11(3-9-14)10-16-17-15(19)12-4-6-13(7-5-12)18(20)21/h2-10H,1H3,(H,17,19)/b16-10-. The van der Waals surface area contributed by atoms with Crippen molar-refractivity contribution in [1.29, 1.82) is 0 Å². The zero-order valence-corrected chi connectivity index (χ0v) is 11.7. The van der Waals surface area contributed by atoms with Gasteiger partial charge in [-0.25, -0.2) is 5.43 Å². The average Bonchev–Trinajstić information content (AvgIpc) is 2.55. The fraction of sp³-hybridized carbons (Fsp3) is 0.0667. The van der Waals surface area contributed by atoms with E-state index >= 15 is 0 Å². The number of benzene rings is 2. The first kappa shape index (κ1) is 15.2. The van der Waals surface area contributed by atoms with Crippen LogP contribution in [0.1, 0.15) is 15.9 Å². The molecule has 7 nitrogen and oxygen atoms in total. The molecular formula is C15H13N3O4. The summed E-state index contributed by atoms with van der Waals surface area (Å²) in [6.45, 7) is 0. The summed E-state index contributed by atoms with van der Waals surface area (Å²) >= 11 is 0. The highest BCUT2D eigenvalue weighted by atomic mass is 16.6. The van der Waals surface area contributed by atoms with Crippen molar-refractivity contribution in [3.8, 4) is 5.75 Å². The van der Waals surface area contributed by atoms with Gasteiger partial charge in [0.1, 0.15) is 5.75 Å². The maximum atomic E-state index is 11.8. The van der Waals surface area contributed by atoms with Gasteiger partial charge >= 0.3 is 0 Å². The van der Waals surface area contributed by atoms with Crippen molar-refractivity contribution in [3.05, 3.63) is 69.8 Å². The predicted molar refractivity (Wildman–Crippen MR) is 81.2 cm³/mol. The second kappa shape index (κ2) is 6.98. The number of nitrogens with zero attached hydrogens (tertiary/aromatic N) is 2. The van der Waals surface area contributed by atoms with Gasteiger partial charge in [0.05, 0.1) is 18.2 Å². The molecule has 112 valence electrons. The van der Waals surface area contributed by atoms with Gasteiger partial charge in [0.15, 0.2) is 0 Å². The molecule has 0 aliphatic carbocycles. The van der Waals surface area contributed by atoms with Crippen molar-refractivity contribution in [2.75, 3.05) is 7.11 Å². The van der Waals surface area contributed by atoms with E-state index in [1.54, 1.807) is 31.4 Å². The average molecular weight is 299 g/mol. The molecule has 0 bridgehead atoms. The number of methoxy groups -OCH3 is 1. The van der Waals surface area contributed by atoms with Crippen molar-refractivity contribution >= 4 is 17.8 Å². The Labute approximate surface area is 126 Å². The summed E-state index contributed by atoms with van der Waals surface area (Å²) in [4.78, 5) is 21.8. The number of hydrogen-bond donors (Lipinski definition) is 1. The van der Waals surface area contributed by atoms with E-state index in [1.807, 2.05) is 0 Å². The summed E-state index contributed by atoms with van der Waals surface area (Å²) < 4.78 is 5.03. The van der Waals surface area contributed by atoms with Crippen molar-refractivity contribution in [2.24, 2.45) is 5.10 Å². The first-order valence-corrected chi connectivity index (χ1v) is 6.32. The van der Waals surface area contributed by atoms with E-state index < -0.39 is 10.8 Å². The monoisotopic (exact) mass is 299 g/mol. The topological polar surface area (TPSA) is 93.8 Å². The van der Waals surface area contributed by atoms with E-state index in [1.165, 1.54) is 30.5 Å². The van der Waals surface area contributed by atoms with Crippen molar-refractivity contribution < 1.29 is 14.5 Å². The van der Waals surface area contributed by atoms with Gasteiger partial charge in [-0.05, 0) is 42.0 Å². The molecule has 0 radical (unpaired) electrons. The third kappa shape index (κ3) is 3.89. The summed E-state index contributed by atoms with van der Waals surface area (Å²) in [5, 5.41) is 14.4. The second-order valence-electron chi connectivity index (χ2n) is 4.28. The maximum absolute atomic E-state index is 11.8. The zero-order valence-electron chi connectivity index (χ0n) is 11.7. The van der Waals surface area contributed by atoms with E-state index in [9.17, 15) is 14.9 Å². The molecule has 0 aliphatic rings. The number of nitro benzene ring substituents is 1. The first-order valence-electron chi connectivity index (χ1n) is 6.32. The van der Waals surface area contributed by atoms with Crippen LogP contribution >= 0.6 is 0 Å². The van der Waals surface area contributed by atoms with Crippen LogP contribution in [0.3, 0.4) is 0 Å². The Hall–Kier alpha value is -3.22. The van der Waals surface area contributed by atoms with E-state index in [0.29, 0.717) is 0 Å². The van der Waals surface area contributed by atoms with Crippen LogP contribution in [0.4, 0.5) is 5.69 Å². The molecule has 1 N–H and O–H groups in total. The molecule has 0 heterocycles. The third-order valence-corrected chi connectivity index (χ3v) is 2.84. The lowest BCUT2D eigenvalue weighted by molar-refractivity contribution is -0.384. The number of ether oxygens (including phenoxy) is 1. The minimum Gasteiger partial charge on any atom is -0.497 e. The fourth-order valence-electron chi connectivity index (χ4n) is 1.65. The van der Waals surface area contributed by atoms with Crippen LogP contribution in [0.25, 0.3) is 0 Å². The molecule has 0 fully saturated rings. The summed E-state index contributed by atoms with van der Waals surface area (Å²) in [6.07, 6.45) is 1.49. The van der Waals surface area contributed by atoms with Crippen molar-refractivity contribution in [3.63, 3.8) is 0 Å². The predicted octanol–water partition coefficient (Wildman–Crippen LogP) is 2.37. The zero-order chi connectivity index (χ0) is 15.9. The Kier molecular flexibility index (Phi) is 4.81. The Morgan fingerprint density at radius 1 is 1.18 bits per heavy atom. The summed E-state index contributed by atoms with van der Waals surface area (Å²) in [5.41, 5.74) is 3.37. The van der Waals surface area contributed by atoms with Gasteiger partial charge in [-0.2, -0.15) is 5.10 Å². The van der Waals surface area contributed by atoms with Gasteiger partial charge < -0.3 is 4.74 Å². The number of nitro groups is 1. The van der Waals surface area contributed by atoms with Crippen LogP contribution in [0.2, 0.25) is 0 Å². The molecule has 0 saturated carbocycles.